The van der Waals surface area contributed by atoms with E-state index in [1.165, 1.54) is 19.2 Å². The van der Waals surface area contributed by atoms with Crippen LogP contribution in [0, 0.1) is 5.82 Å². The molecule has 0 fully saturated rings. The van der Waals surface area contributed by atoms with E-state index in [9.17, 15) is 18.8 Å². The van der Waals surface area contributed by atoms with Crippen molar-refractivity contribution in [2.45, 2.75) is 25.8 Å². The van der Waals surface area contributed by atoms with Crippen molar-refractivity contribution in [1.82, 2.24) is 10.2 Å². The van der Waals surface area contributed by atoms with Gasteiger partial charge in [-0.2, -0.15) is 0 Å². The molecule has 6 nitrogen and oxygen atoms in total. The van der Waals surface area contributed by atoms with Crippen molar-refractivity contribution in [3.05, 3.63) is 63.4 Å². The summed E-state index contributed by atoms with van der Waals surface area (Å²) in [6, 6.07) is 9.07. The van der Waals surface area contributed by atoms with Gasteiger partial charge in [0.05, 0.1) is 24.3 Å². The van der Waals surface area contributed by atoms with Crippen LogP contribution in [-0.4, -0.2) is 36.3 Å². The summed E-state index contributed by atoms with van der Waals surface area (Å²) >= 11 is 3.29. The van der Waals surface area contributed by atoms with Gasteiger partial charge in [-0.15, -0.1) is 0 Å². The molecule has 0 aromatic heterocycles. The summed E-state index contributed by atoms with van der Waals surface area (Å²) in [6.45, 7) is 1.91. The first-order valence-electron chi connectivity index (χ1n) is 9.10. The number of benzene rings is 2. The van der Waals surface area contributed by atoms with Crippen LogP contribution in [0.5, 0.6) is 5.75 Å². The van der Waals surface area contributed by atoms with E-state index in [4.69, 9.17) is 4.74 Å². The molecule has 152 valence electrons. The highest BCUT2D eigenvalue weighted by molar-refractivity contribution is 9.10. The van der Waals surface area contributed by atoms with Crippen LogP contribution in [0.4, 0.5) is 4.39 Å². The Kier molecular flexibility index (Phi) is 6.32. The second kappa shape index (κ2) is 8.73. The third-order valence-corrected chi connectivity index (χ3v) is 5.26. The number of methoxy groups -OCH3 is 1. The van der Waals surface area contributed by atoms with Gasteiger partial charge in [0.15, 0.2) is 11.6 Å². The normalized spacial score (nSPS) is 14.0. The maximum Gasteiger partial charge on any atom is 0.261 e. The lowest BCUT2D eigenvalue weighted by Crippen LogP contribution is -2.32. The Bertz CT molecular complexity index is 979. The van der Waals surface area contributed by atoms with E-state index in [-0.39, 0.29) is 42.5 Å². The molecule has 29 heavy (non-hydrogen) atoms. The summed E-state index contributed by atoms with van der Waals surface area (Å²) in [6.07, 6.45) is 0.474. The molecule has 2 aromatic rings. The summed E-state index contributed by atoms with van der Waals surface area (Å²) in [5.41, 5.74) is 1.35. The maximum atomic E-state index is 13.8. The van der Waals surface area contributed by atoms with Gasteiger partial charge < -0.3 is 10.1 Å². The fraction of sp³-hybridized carbons (Fsp3) is 0.286. The zero-order chi connectivity index (χ0) is 21.1. The number of carbonyl (C=O) groups excluding carboxylic acids is 3. The summed E-state index contributed by atoms with van der Waals surface area (Å²) in [4.78, 5) is 38.2. The van der Waals surface area contributed by atoms with Crippen molar-refractivity contribution >= 4 is 33.7 Å². The van der Waals surface area contributed by atoms with Gasteiger partial charge in [0, 0.05) is 17.4 Å². The van der Waals surface area contributed by atoms with Crippen molar-refractivity contribution in [3.8, 4) is 5.75 Å². The van der Waals surface area contributed by atoms with Gasteiger partial charge in [-0.1, -0.05) is 22.0 Å². The molecule has 3 amide bonds. The molecule has 3 rings (SSSR count). The van der Waals surface area contributed by atoms with Gasteiger partial charge in [0.25, 0.3) is 11.8 Å². The van der Waals surface area contributed by atoms with E-state index in [1.807, 2.05) is 0 Å². The largest absolute Gasteiger partial charge is 0.494 e. The molecule has 2 aromatic carbocycles. The predicted molar refractivity (Wildman–Crippen MR) is 108 cm³/mol. The Morgan fingerprint density at radius 3 is 2.59 bits per heavy atom. The maximum absolute atomic E-state index is 13.8. The first kappa shape index (κ1) is 21.0. The molecular formula is C21H20BrFN2O4. The number of fused-ring (bicyclic) bond motifs is 1. The summed E-state index contributed by atoms with van der Waals surface area (Å²) < 4.78 is 19.4. The fourth-order valence-electron chi connectivity index (χ4n) is 3.21. The number of halogens is 2. The Morgan fingerprint density at radius 1 is 1.17 bits per heavy atom. The van der Waals surface area contributed by atoms with Crippen LogP contribution < -0.4 is 10.1 Å². The first-order valence-corrected chi connectivity index (χ1v) is 9.89. The molecule has 1 aliphatic heterocycles. The van der Waals surface area contributed by atoms with Crippen molar-refractivity contribution in [3.63, 3.8) is 0 Å². The minimum absolute atomic E-state index is 0.139. The summed E-state index contributed by atoms with van der Waals surface area (Å²) in [7, 11) is 1.39. The van der Waals surface area contributed by atoms with E-state index in [1.54, 1.807) is 31.2 Å². The van der Waals surface area contributed by atoms with Gasteiger partial charge in [-0.05, 0) is 49.2 Å². The SMILES string of the molecule is COc1ccc(C(C)NC(=O)CCCN2C(=O)c3ccc(Br)cc3C2=O)cc1F. The quantitative estimate of drug-likeness (QED) is 0.634. The molecule has 0 bridgehead atoms. The molecule has 8 heteroatoms. The third-order valence-electron chi connectivity index (χ3n) is 4.77. The molecule has 0 aliphatic carbocycles. The van der Waals surface area contributed by atoms with Crippen LogP contribution in [0.25, 0.3) is 0 Å². The Morgan fingerprint density at radius 2 is 1.90 bits per heavy atom. The van der Waals surface area contributed by atoms with Crippen LogP contribution in [0.3, 0.4) is 0 Å². The lowest BCUT2D eigenvalue weighted by atomic mass is 10.1. The van der Waals surface area contributed by atoms with E-state index in [0.29, 0.717) is 23.1 Å². The topological polar surface area (TPSA) is 75.7 Å². The summed E-state index contributed by atoms with van der Waals surface area (Å²) in [5, 5.41) is 2.79. The molecule has 1 N–H and O–H groups in total. The highest BCUT2D eigenvalue weighted by Gasteiger charge is 2.35. The number of nitrogens with zero attached hydrogens (tertiary/aromatic N) is 1. The van der Waals surface area contributed by atoms with Gasteiger partial charge in [0.1, 0.15) is 0 Å². The van der Waals surface area contributed by atoms with Gasteiger partial charge in [-0.3, -0.25) is 19.3 Å². The minimum Gasteiger partial charge on any atom is -0.494 e. The van der Waals surface area contributed by atoms with Crippen LogP contribution >= 0.6 is 15.9 Å². The van der Waals surface area contributed by atoms with Crippen LogP contribution in [0.2, 0.25) is 0 Å². The molecule has 0 saturated heterocycles. The number of ether oxygens (including phenoxy) is 1. The number of nitrogens with one attached hydrogen (secondary N) is 1. The fourth-order valence-corrected chi connectivity index (χ4v) is 3.57. The molecule has 1 heterocycles. The zero-order valence-electron chi connectivity index (χ0n) is 16.0. The summed E-state index contributed by atoms with van der Waals surface area (Å²) in [5.74, 6) is -1.30. The van der Waals surface area contributed by atoms with Crippen molar-refractivity contribution < 1.29 is 23.5 Å². The average Bonchev–Trinajstić information content (AvgIpc) is 2.92. The number of rotatable bonds is 7. The van der Waals surface area contributed by atoms with E-state index in [2.05, 4.69) is 21.2 Å². The highest BCUT2D eigenvalue weighted by Crippen LogP contribution is 2.26. The molecule has 1 atom stereocenters. The molecule has 1 unspecified atom stereocenters. The van der Waals surface area contributed by atoms with Crippen molar-refractivity contribution in [2.75, 3.05) is 13.7 Å². The molecule has 0 radical (unpaired) electrons. The van der Waals surface area contributed by atoms with Gasteiger partial charge >= 0.3 is 0 Å². The number of carbonyl (C=O) groups is 3. The second-order valence-electron chi connectivity index (χ2n) is 6.74. The monoisotopic (exact) mass is 462 g/mol. The van der Waals surface area contributed by atoms with Gasteiger partial charge in [0.2, 0.25) is 5.91 Å². The first-order chi connectivity index (χ1) is 13.8. The highest BCUT2D eigenvalue weighted by atomic mass is 79.9. The predicted octanol–water partition coefficient (Wildman–Crippen LogP) is 3.85. The Labute approximate surface area is 176 Å². The molecular weight excluding hydrogens is 443 g/mol. The Balaban J connectivity index is 1.52. The average molecular weight is 463 g/mol. The van der Waals surface area contributed by atoms with E-state index in [0.717, 1.165) is 9.37 Å². The lowest BCUT2D eigenvalue weighted by molar-refractivity contribution is -0.121. The second-order valence-corrected chi connectivity index (χ2v) is 7.65. The zero-order valence-corrected chi connectivity index (χ0v) is 17.6. The minimum atomic E-state index is -0.497. The lowest BCUT2D eigenvalue weighted by Gasteiger charge is -2.16. The smallest absolute Gasteiger partial charge is 0.261 e. The van der Waals surface area contributed by atoms with Gasteiger partial charge in [-0.25, -0.2) is 4.39 Å². The standard InChI is InChI=1S/C21H20BrFN2O4/c1-12(13-5-8-18(29-2)17(23)10-13)24-19(26)4-3-9-25-20(27)15-7-6-14(22)11-16(15)21(25)28/h5-8,10-12H,3-4,9H2,1-2H3,(H,24,26). The number of hydrogen-bond donors (Lipinski definition) is 1. The molecule has 0 spiro atoms. The molecule has 0 saturated carbocycles. The van der Waals surface area contributed by atoms with E-state index < -0.39 is 5.82 Å². The van der Waals surface area contributed by atoms with Crippen LogP contribution in [0.15, 0.2) is 40.9 Å². The third kappa shape index (κ3) is 4.48. The molecule has 1 aliphatic rings. The van der Waals surface area contributed by atoms with Crippen molar-refractivity contribution in [2.24, 2.45) is 0 Å². The Hall–Kier alpha value is -2.74. The van der Waals surface area contributed by atoms with Crippen LogP contribution in [-0.2, 0) is 4.79 Å². The number of imide groups is 1. The number of hydrogen-bond acceptors (Lipinski definition) is 4. The van der Waals surface area contributed by atoms with E-state index >= 15 is 0 Å². The number of amides is 3. The van der Waals surface area contributed by atoms with Crippen molar-refractivity contribution in [1.29, 1.82) is 0 Å². The van der Waals surface area contributed by atoms with Crippen LogP contribution in [0.1, 0.15) is 52.1 Å².